The lowest BCUT2D eigenvalue weighted by Gasteiger charge is -2.11. The lowest BCUT2D eigenvalue weighted by Crippen LogP contribution is -1.95. The van der Waals surface area contributed by atoms with Gasteiger partial charge in [0.2, 0.25) is 0 Å². The van der Waals surface area contributed by atoms with E-state index in [-0.39, 0.29) is 0 Å². The van der Waals surface area contributed by atoms with Crippen LogP contribution in [0.4, 0.5) is 0 Å². The van der Waals surface area contributed by atoms with Gasteiger partial charge in [-0.1, -0.05) is 159 Å². The topological polar surface area (TPSA) is 18.5 Å². The molecule has 0 fully saturated rings. The van der Waals surface area contributed by atoms with Gasteiger partial charge in [-0.15, -0.1) is 0 Å². The third-order valence-electron chi connectivity index (χ3n) is 6.17. The fourth-order valence-corrected chi connectivity index (χ4v) is 4.32. The molecule has 0 atom stereocenters. The number of ether oxygens (including phenoxy) is 2. The molecule has 0 aliphatic carbocycles. The summed E-state index contributed by atoms with van der Waals surface area (Å²) in [7, 11) is 3.38. The highest BCUT2D eigenvalue weighted by atomic mass is 16.5. The van der Waals surface area contributed by atoms with Gasteiger partial charge in [-0.3, -0.25) is 0 Å². The van der Waals surface area contributed by atoms with Crippen molar-refractivity contribution < 1.29 is 9.47 Å². The Morgan fingerprint density at radius 3 is 0.891 bits per heavy atom. The van der Waals surface area contributed by atoms with Crippen LogP contribution in [-0.4, -0.2) is 14.2 Å². The SMILES string of the molecule is CC.CC.CC.CC.CC.CC.CCCc1c(C)cccc1C.CCCc1c(OC)cccc1OC.CCc1c(C)cccc1C. The average molecular weight is 643 g/mol. The Bertz CT molecular complexity index is 926. The number of rotatable bonds is 7. The first-order chi connectivity index (χ1) is 22.3. The normalized spacial score (nSPS) is 8.11. The Balaban J connectivity index is -0.000000112. The third-order valence-corrected chi connectivity index (χ3v) is 6.17. The van der Waals surface area contributed by atoms with Gasteiger partial charge < -0.3 is 9.47 Å². The Morgan fingerprint density at radius 2 is 0.652 bits per heavy atom. The quantitative estimate of drug-likeness (QED) is 0.255. The van der Waals surface area contributed by atoms with E-state index in [1.807, 2.05) is 101 Å². The molecule has 46 heavy (non-hydrogen) atoms. The number of benzene rings is 3. The maximum absolute atomic E-state index is 5.26. The van der Waals surface area contributed by atoms with Gasteiger partial charge >= 0.3 is 0 Å². The second-order valence-electron chi connectivity index (χ2n) is 8.74. The zero-order chi connectivity index (χ0) is 37.5. The van der Waals surface area contributed by atoms with Crippen LogP contribution in [0.2, 0.25) is 0 Å². The maximum atomic E-state index is 5.26. The van der Waals surface area contributed by atoms with E-state index in [1.54, 1.807) is 14.2 Å². The monoisotopic (exact) mass is 643 g/mol. The van der Waals surface area contributed by atoms with Crippen molar-refractivity contribution in [1.29, 1.82) is 0 Å². The second-order valence-corrected chi connectivity index (χ2v) is 8.74. The van der Waals surface area contributed by atoms with Crippen LogP contribution in [0.25, 0.3) is 0 Å². The summed E-state index contributed by atoms with van der Waals surface area (Å²) in [4.78, 5) is 0. The molecular weight excluding hydrogens is 560 g/mol. The Morgan fingerprint density at radius 1 is 0.391 bits per heavy atom. The molecular formula is C44H82O2. The van der Waals surface area contributed by atoms with Crippen molar-refractivity contribution in [1.82, 2.24) is 0 Å². The molecule has 2 nitrogen and oxygen atoms in total. The first-order valence-electron chi connectivity index (χ1n) is 18.6. The third kappa shape index (κ3) is 25.5. The Hall–Kier alpha value is -2.74. The standard InChI is InChI=1S/C11H16O2.C11H16.C10H14.6C2H6/c1-4-6-9-10(12-2)7-5-8-11(9)13-3;1-4-6-11-9(2)7-5-8-10(11)3;1-4-10-8(2)6-5-7-9(10)3;6*1-2/h5,7-8H,4,6H2,1-3H3;5,7-8H,4,6H2,1-3H3;5-7H,4H2,1-3H3;6*1-2H3. The summed E-state index contributed by atoms with van der Waals surface area (Å²) in [5.74, 6) is 1.84. The smallest absolute Gasteiger partial charge is 0.125 e. The van der Waals surface area contributed by atoms with Crippen LogP contribution in [0.15, 0.2) is 54.6 Å². The highest BCUT2D eigenvalue weighted by Crippen LogP contribution is 2.29. The van der Waals surface area contributed by atoms with Crippen LogP contribution in [0.5, 0.6) is 11.5 Å². The van der Waals surface area contributed by atoms with Crippen molar-refractivity contribution in [2.45, 2.75) is 164 Å². The number of aryl methyl sites for hydroxylation is 4. The Labute approximate surface area is 291 Å². The van der Waals surface area contributed by atoms with E-state index in [9.17, 15) is 0 Å². The molecule has 3 rings (SSSR count). The summed E-state index contributed by atoms with van der Waals surface area (Å²) < 4.78 is 10.5. The minimum absolute atomic E-state index is 0.918. The van der Waals surface area contributed by atoms with Crippen LogP contribution in [0.3, 0.4) is 0 Å². The molecule has 270 valence electrons. The van der Waals surface area contributed by atoms with E-state index in [4.69, 9.17) is 9.47 Å². The zero-order valence-corrected chi connectivity index (χ0v) is 35.0. The molecule has 0 N–H and O–H groups in total. The van der Waals surface area contributed by atoms with Gasteiger partial charge in [0.25, 0.3) is 0 Å². The summed E-state index contributed by atoms with van der Waals surface area (Å²) in [6, 6.07) is 18.8. The van der Waals surface area contributed by atoms with Gasteiger partial charge in [0.15, 0.2) is 0 Å². The van der Waals surface area contributed by atoms with Gasteiger partial charge in [-0.2, -0.15) is 0 Å². The molecule has 3 aromatic rings. The molecule has 0 aliphatic rings. The summed E-state index contributed by atoms with van der Waals surface area (Å²) in [6.07, 6.45) is 5.70. The molecule has 0 spiro atoms. The Kier molecular flexibility index (Phi) is 53.7. The lowest BCUT2D eigenvalue weighted by atomic mass is 9.99. The molecule has 0 aliphatic heterocycles. The minimum Gasteiger partial charge on any atom is -0.496 e. The highest BCUT2D eigenvalue weighted by molar-refractivity contribution is 5.44. The van der Waals surface area contributed by atoms with E-state index in [1.165, 1.54) is 46.2 Å². The van der Waals surface area contributed by atoms with Crippen molar-refractivity contribution in [3.05, 3.63) is 93.5 Å². The number of methoxy groups -OCH3 is 2. The minimum atomic E-state index is 0.918. The first-order valence-corrected chi connectivity index (χ1v) is 18.6. The molecule has 0 aromatic heterocycles. The van der Waals surface area contributed by atoms with Crippen LogP contribution < -0.4 is 9.47 Å². The van der Waals surface area contributed by atoms with Gasteiger partial charge in [0.1, 0.15) is 11.5 Å². The second kappa shape index (κ2) is 44.4. The van der Waals surface area contributed by atoms with E-state index >= 15 is 0 Å². The predicted molar refractivity (Wildman–Crippen MR) is 217 cm³/mol. The molecule has 0 saturated heterocycles. The van der Waals surface area contributed by atoms with Gasteiger partial charge in [-0.25, -0.2) is 0 Å². The van der Waals surface area contributed by atoms with E-state index < -0.39 is 0 Å². The van der Waals surface area contributed by atoms with E-state index in [0.717, 1.165) is 36.3 Å². The summed E-state index contributed by atoms with van der Waals surface area (Å²) in [5.41, 5.74) is 9.91. The van der Waals surface area contributed by atoms with Crippen LogP contribution in [0.1, 0.15) is 156 Å². The summed E-state index contributed by atoms with van der Waals surface area (Å²) >= 11 is 0. The van der Waals surface area contributed by atoms with Crippen LogP contribution in [-0.2, 0) is 19.3 Å². The largest absolute Gasteiger partial charge is 0.496 e. The summed E-state index contributed by atoms with van der Waals surface area (Å²) in [6.45, 7) is 39.3. The number of hydrogen-bond acceptors (Lipinski definition) is 2. The maximum Gasteiger partial charge on any atom is 0.125 e. The highest BCUT2D eigenvalue weighted by Gasteiger charge is 2.07. The zero-order valence-electron chi connectivity index (χ0n) is 35.0. The lowest BCUT2D eigenvalue weighted by molar-refractivity contribution is 0.385. The molecule has 3 aromatic carbocycles. The van der Waals surface area contributed by atoms with Crippen molar-refractivity contribution in [3.63, 3.8) is 0 Å². The predicted octanol–water partition coefficient (Wildman–Crippen LogP) is 14.9. The van der Waals surface area contributed by atoms with Crippen molar-refractivity contribution >= 4 is 0 Å². The molecule has 0 radical (unpaired) electrons. The van der Waals surface area contributed by atoms with Crippen molar-refractivity contribution in [2.75, 3.05) is 14.2 Å². The van der Waals surface area contributed by atoms with E-state index in [2.05, 4.69) is 84.9 Å². The van der Waals surface area contributed by atoms with E-state index in [0.29, 0.717) is 0 Å². The molecule has 0 bridgehead atoms. The fraction of sp³-hybridized carbons (Fsp3) is 0.591. The van der Waals surface area contributed by atoms with Crippen molar-refractivity contribution in [2.24, 2.45) is 0 Å². The van der Waals surface area contributed by atoms with Crippen LogP contribution in [0, 0.1) is 27.7 Å². The van der Waals surface area contributed by atoms with Gasteiger partial charge in [-0.05, 0) is 92.5 Å². The van der Waals surface area contributed by atoms with Gasteiger partial charge in [0.05, 0.1) is 14.2 Å². The van der Waals surface area contributed by atoms with Crippen molar-refractivity contribution in [3.8, 4) is 11.5 Å². The summed E-state index contributed by atoms with van der Waals surface area (Å²) in [5, 5.41) is 0. The molecule has 0 amide bonds. The van der Waals surface area contributed by atoms with Gasteiger partial charge in [0, 0.05) is 5.56 Å². The molecule has 0 unspecified atom stereocenters. The fourth-order valence-electron chi connectivity index (χ4n) is 4.32. The van der Waals surface area contributed by atoms with Crippen LogP contribution >= 0.6 is 0 Å². The molecule has 2 heteroatoms. The average Bonchev–Trinajstić information content (AvgIpc) is 3.12. The number of hydrogen-bond donors (Lipinski definition) is 0. The molecule has 0 saturated carbocycles. The first kappa shape index (κ1) is 55.6. The molecule has 0 heterocycles.